The highest BCUT2D eigenvalue weighted by atomic mass is 32.2. The van der Waals surface area contributed by atoms with E-state index < -0.39 is 15.8 Å². The zero-order valence-corrected chi connectivity index (χ0v) is 8.38. The van der Waals surface area contributed by atoms with Gasteiger partial charge >= 0.3 is 5.97 Å². The molecule has 1 saturated heterocycles. The van der Waals surface area contributed by atoms with Crippen molar-refractivity contribution >= 4 is 15.8 Å². The second-order valence-electron chi connectivity index (χ2n) is 3.74. The fourth-order valence-corrected chi connectivity index (χ4v) is 3.69. The van der Waals surface area contributed by atoms with Crippen LogP contribution in [0.4, 0.5) is 0 Å². The summed E-state index contributed by atoms with van der Waals surface area (Å²) in [6, 6.07) is 0. The van der Waals surface area contributed by atoms with Crippen LogP contribution in [0, 0.1) is 11.8 Å². The normalized spacial score (nSPS) is 28.5. The van der Waals surface area contributed by atoms with Crippen LogP contribution in [0.15, 0.2) is 0 Å². The lowest BCUT2D eigenvalue weighted by molar-refractivity contribution is -0.138. The zero-order valence-electron chi connectivity index (χ0n) is 7.56. The van der Waals surface area contributed by atoms with Crippen LogP contribution in [0.25, 0.3) is 0 Å². The van der Waals surface area contributed by atoms with Gasteiger partial charge in [0.05, 0.1) is 11.5 Å². The minimum Gasteiger partial charge on any atom is -0.481 e. The molecule has 0 bridgehead atoms. The van der Waals surface area contributed by atoms with Gasteiger partial charge in [0.1, 0.15) is 0 Å². The number of carboxylic acids is 1. The first-order valence-corrected chi connectivity index (χ1v) is 6.15. The SMILES string of the molecule is CC(CC(=O)O)C1CCS(=O)(=O)C1. The van der Waals surface area contributed by atoms with Gasteiger partial charge in [0.2, 0.25) is 0 Å². The molecule has 13 heavy (non-hydrogen) atoms. The molecule has 1 aliphatic heterocycles. The van der Waals surface area contributed by atoms with E-state index in [1.165, 1.54) is 0 Å². The maximum absolute atomic E-state index is 11.1. The molecule has 1 rings (SSSR count). The molecule has 2 unspecified atom stereocenters. The Balaban J connectivity index is 2.51. The first-order valence-electron chi connectivity index (χ1n) is 4.33. The van der Waals surface area contributed by atoms with E-state index in [0.717, 1.165) is 0 Å². The summed E-state index contributed by atoms with van der Waals surface area (Å²) in [7, 11) is -2.87. The molecule has 0 aliphatic carbocycles. The van der Waals surface area contributed by atoms with Crippen LogP contribution in [0.2, 0.25) is 0 Å². The molecule has 0 aromatic rings. The zero-order chi connectivity index (χ0) is 10.1. The minimum absolute atomic E-state index is 0.0326. The standard InChI is InChI=1S/C8H14O4S/c1-6(4-8(9)10)7-2-3-13(11,12)5-7/h6-7H,2-5H2,1H3,(H,9,10). The summed E-state index contributed by atoms with van der Waals surface area (Å²) in [5.74, 6) is -0.448. The van der Waals surface area contributed by atoms with Gasteiger partial charge in [-0.05, 0) is 18.3 Å². The van der Waals surface area contributed by atoms with Gasteiger partial charge in [-0.15, -0.1) is 0 Å². The predicted octanol–water partition coefficient (Wildman–Crippen LogP) is 0.532. The average Bonchev–Trinajstić information content (AvgIpc) is 2.28. The number of carboxylic acid groups (broad SMARTS) is 1. The van der Waals surface area contributed by atoms with E-state index in [2.05, 4.69) is 0 Å². The third kappa shape index (κ3) is 2.99. The number of sulfone groups is 1. The highest BCUT2D eigenvalue weighted by Gasteiger charge is 2.32. The fourth-order valence-electron chi connectivity index (χ4n) is 1.71. The van der Waals surface area contributed by atoms with Crippen molar-refractivity contribution in [2.45, 2.75) is 19.8 Å². The number of rotatable bonds is 3. The molecule has 0 aromatic heterocycles. The summed E-state index contributed by atoms with van der Waals surface area (Å²) in [5.41, 5.74) is 0. The van der Waals surface area contributed by atoms with Crippen LogP contribution < -0.4 is 0 Å². The van der Waals surface area contributed by atoms with E-state index in [9.17, 15) is 13.2 Å². The average molecular weight is 206 g/mol. The predicted molar refractivity (Wildman–Crippen MR) is 48.2 cm³/mol. The van der Waals surface area contributed by atoms with Gasteiger partial charge in [-0.2, -0.15) is 0 Å². The topological polar surface area (TPSA) is 71.4 Å². The van der Waals surface area contributed by atoms with Crippen molar-refractivity contribution in [3.63, 3.8) is 0 Å². The molecule has 2 atom stereocenters. The summed E-state index contributed by atoms with van der Waals surface area (Å²) in [6.07, 6.45) is 0.691. The van der Waals surface area contributed by atoms with Gasteiger partial charge in [0.15, 0.2) is 9.84 Å². The Labute approximate surface area is 77.9 Å². The van der Waals surface area contributed by atoms with E-state index in [1.54, 1.807) is 6.92 Å². The van der Waals surface area contributed by atoms with E-state index in [0.29, 0.717) is 6.42 Å². The minimum atomic E-state index is -2.87. The quantitative estimate of drug-likeness (QED) is 0.731. The van der Waals surface area contributed by atoms with Crippen LogP contribution in [0.5, 0.6) is 0 Å². The number of hydrogen-bond acceptors (Lipinski definition) is 3. The number of aliphatic carboxylic acids is 1. The molecular weight excluding hydrogens is 192 g/mol. The molecule has 1 N–H and O–H groups in total. The highest BCUT2D eigenvalue weighted by Crippen LogP contribution is 2.27. The van der Waals surface area contributed by atoms with Crippen LogP contribution >= 0.6 is 0 Å². The molecule has 1 heterocycles. The summed E-state index contributed by atoms with van der Waals surface area (Å²) in [4.78, 5) is 10.4. The summed E-state index contributed by atoms with van der Waals surface area (Å²) in [5, 5.41) is 8.52. The Morgan fingerprint density at radius 1 is 1.62 bits per heavy atom. The third-order valence-corrected chi connectivity index (χ3v) is 4.36. The van der Waals surface area contributed by atoms with E-state index in [1.807, 2.05) is 0 Å². The molecular formula is C8H14O4S. The van der Waals surface area contributed by atoms with Crippen LogP contribution in [-0.2, 0) is 14.6 Å². The van der Waals surface area contributed by atoms with Gasteiger partial charge in [-0.3, -0.25) is 4.79 Å². The van der Waals surface area contributed by atoms with Crippen molar-refractivity contribution in [1.29, 1.82) is 0 Å². The number of hydrogen-bond donors (Lipinski definition) is 1. The fraction of sp³-hybridized carbons (Fsp3) is 0.875. The van der Waals surface area contributed by atoms with E-state index in [4.69, 9.17) is 5.11 Å². The van der Waals surface area contributed by atoms with Crippen molar-refractivity contribution in [3.05, 3.63) is 0 Å². The third-order valence-electron chi connectivity index (χ3n) is 2.57. The smallest absolute Gasteiger partial charge is 0.303 e. The highest BCUT2D eigenvalue weighted by molar-refractivity contribution is 7.91. The number of carbonyl (C=O) groups is 1. The lowest BCUT2D eigenvalue weighted by atomic mass is 9.91. The molecule has 1 fully saturated rings. The van der Waals surface area contributed by atoms with Gasteiger partial charge in [-0.25, -0.2) is 8.42 Å². The molecule has 0 saturated carbocycles. The summed E-state index contributed by atoms with van der Waals surface area (Å²) < 4.78 is 22.2. The molecule has 0 aromatic carbocycles. The molecule has 5 heteroatoms. The lowest BCUT2D eigenvalue weighted by Gasteiger charge is -2.14. The van der Waals surface area contributed by atoms with Crippen LogP contribution in [-0.4, -0.2) is 31.0 Å². The first kappa shape index (κ1) is 10.5. The molecule has 1 aliphatic rings. The first-order chi connectivity index (χ1) is 5.91. The van der Waals surface area contributed by atoms with Crippen LogP contribution in [0.1, 0.15) is 19.8 Å². The maximum atomic E-state index is 11.1. The molecule has 0 radical (unpaired) electrons. The summed E-state index contributed by atoms with van der Waals surface area (Å²) in [6.45, 7) is 1.81. The van der Waals surface area contributed by atoms with Crippen LogP contribution in [0.3, 0.4) is 0 Å². The molecule has 0 amide bonds. The van der Waals surface area contributed by atoms with Gasteiger partial charge in [0, 0.05) is 6.42 Å². The molecule has 0 spiro atoms. The second-order valence-corrected chi connectivity index (χ2v) is 5.97. The molecule has 76 valence electrons. The summed E-state index contributed by atoms with van der Waals surface area (Å²) >= 11 is 0. The monoisotopic (exact) mass is 206 g/mol. The van der Waals surface area contributed by atoms with E-state index >= 15 is 0 Å². The lowest BCUT2D eigenvalue weighted by Crippen LogP contribution is -2.16. The molecule has 4 nitrogen and oxygen atoms in total. The largest absolute Gasteiger partial charge is 0.481 e. The Bertz CT molecular complexity index is 293. The van der Waals surface area contributed by atoms with Crippen molar-refractivity contribution < 1.29 is 18.3 Å². The Hall–Kier alpha value is -0.580. The second kappa shape index (κ2) is 3.65. The van der Waals surface area contributed by atoms with Gasteiger partial charge in [-0.1, -0.05) is 6.92 Å². The van der Waals surface area contributed by atoms with Gasteiger partial charge in [0.25, 0.3) is 0 Å². The van der Waals surface area contributed by atoms with Crippen molar-refractivity contribution in [1.82, 2.24) is 0 Å². The van der Waals surface area contributed by atoms with Crippen molar-refractivity contribution in [3.8, 4) is 0 Å². The Kier molecular flexibility index (Phi) is 2.95. The Morgan fingerprint density at radius 2 is 2.23 bits per heavy atom. The van der Waals surface area contributed by atoms with Crippen molar-refractivity contribution in [2.24, 2.45) is 11.8 Å². The maximum Gasteiger partial charge on any atom is 0.303 e. The van der Waals surface area contributed by atoms with Crippen molar-refractivity contribution in [2.75, 3.05) is 11.5 Å². The van der Waals surface area contributed by atoms with Gasteiger partial charge < -0.3 is 5.11 Å². The van der Waals surface area contributed by atoms with E-state index in [-0.39, 0.29) is 29.8 Å². The Morgan fingerprint density at radius 3 is 2.62 bits per heavy atom.